The molecule has 7 nitrogen and oxygen atoms in total. The molecule has 0 bridgehead atoms. The summed E-state index contributed by atoms with van der Waals surface area (Å²) in [5.74, 6) is 1.50. The number of methoxy groups -OCH3 is 3. The van der Waals surface area contributed by atoms with Gasteiger partial charge in [0.2, 0.25) is 10.8 Å². The molecule has 1 aromatic carbocycles. The van der Waals surface area contributed by atoms with Crippen molar-refractivity contribution in [1.29, 1.82) is 0 Å². The molecule has 8 heteroatoms. The van der Waals surface area contributed by atoms with Gasteiger partial charge in [0.15, 0.2) is 18.3 Å². The lowest BCUT2D eigenvalue weighted by atomic mass is 10.1. The highest BCUT2D eigenvalue weighted by molar-refractivity contribution is 7.08. The molecular weight excluding hydrogens is 284 g/mol. The van der Waals surface area contributed by atoms with Crippen LogP contribution in [-0.4, -0.2) is 42.8 Å². The van der Waals surface area contributed by atoms with Gasteiger partial charge >= 0.3 is 0 Å². The second-order valence-electron chi connectivity index (χ2n) is 3.60. The summed E-state index contributed by atoms with van der Waals surface area (Å²) < 4.78 is 24.7. The highest BCUT2D eigenvalue weighted by Gasteiger charge is 2.18. The molecule has 1 aromatic heterocycles. The van der Waals surface area contributed by atoms with E-state index in [1.54, 1.807) is 12.1 Å². The first-order chi connectivity index (χ1) is 9.74. The lowest BCUT2D eigenvalue weighted by molar-refractivity contribution is 0.102. The lowest BCUT2D eigenvalue weighted by Crippen LogP contribution is -1.97. The second-order valence-corrected chi connectivity index (χ2v) is 4.31. The molecule has 1 heterocycles. The summed E-state index contributed by atoms with van der Waals surface area (Å²) in [7, 11) is 4.60. The Hall–Kier alpha value is -2.06. The Balaban J connectivity index is 2.54. The molecule has 0 aliphatic rings. The Morgan fingerprint density at radius 1 is 1.10 bits per heavy atom. The molecule has 0 saturated heterocycles. The van der Waals surface area contributed by atoms with E-state index in [4.69, 9.17) is 24.1 Å². The van der Waals surface area contributed by atoms with Gasteiger partial charge in [-0.2, -0.15) is 0 Å². The third-order valence-electron chi connectivity index (χ3n) is 2.59. The molecule has 1 N–H and O–H groups in total. The Labute approximate surface area is 119 Å². The van der Waals surface area contributed by atoms with E-state index in [0.717, 1.165) is 11.5 Å². The zero-order chi connectivity index (χ0) is 14.5. The normalized spacial score (nSPS) is 10.2. The molecule has 0 radical (unpaired) electrons. The van der Waals surface area contributed by atoms with Crippen LogP contribution in [0, 0.1) is 0 Å². The quantitative estimate of drug-likeness (QED) is 0.810. The fraction of sp³-hybridized carbons (Fsp3) is 0.333. The number of hydrogen-bond acceptors (Lipinski definition) is 8. The van der Waals surface area contributed by atoms with E-state index in [1.165, 1.54) is 21.3 Å². The molecular formula is C12H14N2O5S. The number of aliphatic hydroxyl groups excluding tert-OH is 1. The molecule has 0 spiro atoms. The SMILES string of the molecule is COc1cc(-c2nnsc2OCO)cc(OC)c1OC. The zero-order valence-corrected chi connectivity index (χ0v) is 12.1. The molecule has 0 aliphatic carbocycles. The Bertz CT molecular complexity index is 562. The minimum absolute atomic E-state index is 0.418. The van der Waals surface area contributed by atoms with Gasteiger partial charge in [0, 0.05) is 17.1 Å². The van der Waals surface area contributed by atoms with Crippen LogP contribution in [0.2, 0.25) is 0 Å². The van der Waals surface area contributed by atoms with Gasteiger partial charge in [-0.3, -0.25) is 0 Å². The maximum Gasteiger partial charge on any atom is 0.224 e. The van der Waals surface area contributed by atoms with Gasteiger partial charge in [-0.15, -0.1) is 5.10 Å². The average molecular weight is 298 g/mol. The van der Waals surface area contributed by atoms with Crippen molar-refractivity contribution < 1.29 is 24.1 Å². The van der Waals surface area contributed by atoms with E-state index in [-0.39, 0.29) is 0 Å². The maximum atomic E-state index is 8.85. The van der Waals surface area contributed by atoms with E-state index >= 15 is 0 Å². The van der Waals surface area contributed by atoms with Crippen molar-refractivity contribution in [2.45, 2.75) is 0 Å². The predicted octanol–water partition coefficient (Wildman–Crippen LogP) is 1.56. The number of ether oxygens (including phenoxy) is 4. The summed E-state index contributed by atoms with van der Waals surface area (Å²) in [5.41, 5.74) is 1.19. The first-order valence-electron chi connectivity index (χ1n) is 5.61. The van der Waals surface area contributed by atoms with Crippen LogP contribution in [0.25, 0.3) is 11.3 Å². The Kier molecular flexibility index (Phi) is 4.59. The molecule has 0 fully saturated rings. The molecule has 0 atom stereocenters. The second kappa shape index (κ2) is 6.40. The van der Waals surface area contributed by atoms with Gasteiger partial charge in [0.1, 0.15) is 5.69 Å². The number of rotatable bonds is 6. The standard InChI is InChI=1S/C12H14N2O5S/c1-16-8-4-7(5-9(17-2)11(8)18-3)10-12(19-6-15)20-14-13-10/h4-5,15H,6H2,1-3H3. The molecule has 2 rings (SSSR count). The summed E-state index contributed by atoms with van der Waals surface area (Å²) in [5, 5.41) is 13.3. The lowest BCUT2D eigenvalue weighted by Gasteiger charge is -2.13. The number of benzene rings is 1. The molecule has 0 aliphatic heterocycles. The molecule has 2 aromatic rings. The van der Waals surface area contributed by atoms with Crippen molar-refractivity contribution in [3.05, 3.63) is 12.1 Å². The van der Waals surface area contributed by atoms with Crippen LogP contribution in [0.1, 0.15) is 0 Å². The van der Waals surface area contributed by atoms with E-state index in [9.17, 15) is 0 Å². The van der Waals surface area contributed by atoms with Crippen LogP contribution in [0.15, 0.2) is 12.1 Å². The van der Waals surface area contributed by atoms with E-state index in [0.29, 0.717) is 33.6 Å². The molecule has 0 amide bonds. The predicted molar refractivity (Wildman–Crippen MR) is 72.7 cm³/mol. The molecule has 108 valence electrons. The van der Waals surface area contributed by atoms with Gasteiger partial charge in [0.25, 0.3) is 0 Å². The Morgan fingerprint density at radius 2 is 1.75 bits per heavy atom. The van der Waals surface area contributed by atoms with Crippen LogP contribution < -0.4 is 18.9 Å². The smallest absolute Gasteiger partial charge is 0.224 e. The fourth-order valence-corrected chi connectivity index (χ4v) is 2.28. The highest BCUT2D eigenvalue weighted by Crippen LogP contribution is 2.43. The number of aromatic nitrogens is 2. The van der Waals surface area contributed by atoms with Crippen LogP contribution in [-0.2, 0) is 0 Å². The first-order valence-corrected chi connectivity index (χ1v) is 6.38. The monoisotopic (exact) mass is 298 g/mol. The average Bonchev–Trinajstić information content (AvgIpc) is 2.94. The topological polar surface area (TPSA) is 82.9 Å². The van der Waals surface area contributed by atoms with E-state index in [2.05, 4.69) is 9.59 Å². The van der Waals surface area contributed by atoms with Gasteiger partial charge in [0.05, 0.1) is 21.3 Å². The van der Waals surface area contributed by atoms with Crippen molar-refractivity contribution in [1.82, 2.24) is 9.59 Å². The van der Waals surface area contributed by atoms with Crippen molar-refractivity contribution in [3.8, 4) is 33.6 Å². The van der Waals surface area contributed by atoms with Crippen molar-refractivity contribution >= 4 is 11.5 Å². The minimum atomic E-state index is -0.443. The largest absolute Gasteiger partial charge is 0.493 e. The highest BCUT2D eigenvalue weighted by atomic mass is 32.1. The summed E-state index contributed by atoms with van der Waals surface area (Å²) in [6.07, 6.45) is 0. The van der Waals surface area contributed by atoms with Gasteiger partial charge < -0.3 is 24.1 Å². The van der Waals surface area contributed by atoms with Crippen molar-refractivity contribution in [2.75, 3.05) is 28.1 Å². The van der Waals surface area contributed by atoms with Crippen LogP contribution in [0.5, 0.6) is 22.3 Å². The van der Waals surface area contributed by atoms with Gasteiger partial charge in [-0.1, -0.05) is 4.49 Å². The van der Waals surface area contributed by atoms with Crippen LogP contribution >= 0.6 is 11.5 Å². The van der Waals surface area contributed by atoms with E-state index < -0.39 is 6.79 Å². The molecule has 0 unspecified atom stereocenters. The van der Waals surface area contributed by atoms with E-state index in [1.807, 2.05) is 0 Å². The van der Waals surface area contributed by atoms with Crippen LogP contribution in [0.4, 0.5) is 0 Å². The summed E-state index contributed by atoms with van der Waals surface area (Å²) >= 11 is 1.05. The molecule has 0 saturated carbocycles. The summed E-state index contributed by atoms with van der Waals surface area (Å²) in [6, 6.07) is 3.48. The number of aliphatic hydroxyl groups is 1. The zero-order valence-electron chi connectivity index (χ0n) is 11.2. The van der Waals surface area contributed by atoms with Crippen molar-refractivity contribution in [2.24, 2.45) is 0 Å². The fourth-order valence-electron chi connectivity index (χ4n) is 1.73. The summed E-state index contributed by atoms with van der Waals surface area (Å²) in [4.78, 5) is 0. The van der Waals surface area contributed by atoms with Gasteiger partial charge in [-0.25, -0.2) is 0 Å². The van der Waals surface area contributed by atoms with Gasteiger partial charge in [-0.05, 0) is 12.1 Å². The number of nitrogens with zero attached hydrogens (tertiary/aromatic N) is 2. The molecule has 20 heavy (non-hydrogen) atoms. The first kappa shape index (κ1) is 14.4. The Morgan fingerprint density at radius 3 is 2.25 bits per heavy atom. The van der Waals surface area contributed by atoms with Crippen LogP contribution in [0.3, 0.4) is 0 Å². The third-order valence-corrected chi connectivity index (χ3v) is 3.23. The third kappa shape index (κ3) is 2.61. The van der Waals surface area contributed by atoms with Crippen molar-refractivity contribution in [3.63, 3.8) is 0 Å². The maximum absolute atomic E-state index is 8.85. The minimum Gasteiger partial charge on any atom is -0.493 e. The summed E-state index contributed by atoms with van der Waals surface area (Å²) in [6.45, 7) is -0.443. The number of hydrogen-bond donors (Lipinski definition) is 1.